The molecular formula is C32H21NO. The molecule has 2 heteroatoms. The lowest BCUT2D eigenvalue weighted by molar-refractivity contribution is 0.672. The second-order valence-electron chi connectivity index (χ2n) is 8.62. The van der Waals surface area contributed by atoms with Crippen molar-refractivity contribution in [2.75, 3.05) is 4.90 Å². The van der Waals surface area contributed by atoms with E-state index in [-0.39, 0.29) is 0 Å². The molecule has 0 unspecified atom stereocenters. The molecule has 160 valence electrons. The first-order valence-electron chi connectivity index (χ1n) is 11.5. The molecule has 0 fully saturated rings. The average Bonchev–Trinajstić information content (AvgIpc) is 3.28. The fourth-order valence-corrected chi connectivity index (χ4v) is 5.03. The summed E-state index contributed by atoms with van der Waals surface area (Å²) in [6.07, 6.45) is 0. The highest BCUT2D eigenvalue weighted by Crippen LogP contribution is 2.44. The number of benzene rings is 6. The van der Waals surface area contributed by atoms with Gasteiger partial charge >= 0.3 is 0 Å². The Morgan fingerprint density at radius 3 is 1.97 bits per heavy atom. The number of hydrogen-bond donors (Lipinski definition) is 0. The van der Waals surface area contributed by atoms with Gasteiger partial charge in [-0.3, -0.25) is 0 Å². The lowest BCUT2D eigenvalue weighted by Crippen LogP contribution is -2.10. The van der Waals surface area contributed by atoms with Crippen molar-refractivity contribution in [3.05, 3.63) is 127 Å². The summed E-state index contributed by atoms with van der Waals surface area (Å²) < 4.78 is 6.35. The van der Waals surface area contributed by atoms with Crippen LogP contribution in [0.3, 0.4) is 0 Å². The highest BCUT2D eigenvalue weighted by Gasteiger charge is 2.20. The molecule has 0 radical (unpaired) electrons. The average molecular weight is 436 g/mol. The molecule has 0 saturated heterocycles. The van der Waals surface area contributed by atoms with Crippen LogP contribution in [0.2, 0.25) is 0 Å². The molecule has 0 atom stereocenters. The molecule has 0 bridgehead atoms. The maximum absolute atomic E-state index is 6.35. The zero-order chi connectivity index (χ0) is 22.5. The van der Waals surface area contributed by atoms with Crippen molar-refractivity contribution >= 4 is 60.5 Å². The molecule has 0 aliphatic carbocycles. The minimum atomic E-state index is 0.914. The Hall–Kier alpha value is -4.56. The van der Waals surface area contributed by atoms with Gasteiger partial charge in [0.15, 0.2) is 0 Å². The molecule has 0 N–H and O–H groups in total. The molecule has 0 spiro atoms. The first-order chi connectivity index (χ1) is 16.9. The lowest BCUT2D eigenvalue weighted by Gasteiger charge is -2.27. The highest BCUT2D eigenvalue weighted by molar-refractivity contribution is 6.19. The number of nitrogens with zero attached hydrogens (tertiary/aromatic N) is 1. The van der Waals surface area contributed by atoms with E-state index < -0.39 is 0 Å². The van der Waals surface area contributed by atoms with Gasteiger partial charge in [0.25, 0.3) is 0 Å². The van der Waals surface area contributed by atoms with E-state index in [9.17, 15) is 0 Å². The quantitative estimate of drug-likeness (QED) is 0.275. The molecule has 0 aliphatic heterocycles. The normalized spacial score (nSPS) is 11.5. The molecule has 7 rings (SSSR count). The number of furan rings is 1. The van der Waals surface area contributed by atoms with Gasteiger partial charge in [0.05, 0.1) is 5.69 Å². The van der Waals surface area contributed by atoms with Crippen LogP contribution in [-0.4, -0.2) is 0 Å². The fraction of sp³-hybridized carbons (Fsp3) is 0. The van der Waals surface area contributed by atoms with Gasteiger partial charge < -0.3 is 9.32 Å². The second kappa shape index (κ2) is 7.50. The van der Waals surface area contributed by atoms with Crippen molar-refractivity contribution in [2.24, 2.45) is 0 Å². The Kier molecular flexibility index (Phi) is 4.18. The van der Waals surface area contributed by atoms with E-state index in [0.29, 0.717) is 0 Å². The number of para-hydroxylation sites is 2. The van der Waals surface area contributed by atoms with E-state index in [4.69, 9.17) is 4.42 Å². The van der Waals surface area contributed by atoms with Gasteiger partial charge in [-0.05, 0) is 47.2 Å². The fourth-order valence-electron chi connectivity index (χ4n) is 5.03. The molecule has 0 aliphatic rings. The smallest absolute Gasteiger partial charge is 0.143 e. The Labute approximate surface area is 197 Å². The van der Waals surface area contributed by atoms with Gasteiger partial charge in [-0.15, -0.1) is 0 Å². The van der Waals surface area contributed by atoms with E-state index in [1.54, 1.807) is 0 Å². The zero-order valence-corrected chi connectivity index (χ0v) is 18.5. The maximum Gasteiger partial charge on any atom is 0.143 e. The van der Waals surface area contributed by atoms with Crippen molar-refractivity contribution in [2.45, 2.75) is 0 Å². The standard InChI is InChI=1S/C32H21NO/c1-2-12-24(13-3-1)33(25-19-18-22-10-4-5-11-23(22)20-25)30-21-29-27-15-8-9-17-31(27)34-32(29)28-16-7-6-14-26(28)30/h1-21H. The Morgan fingerprint density at radius 2 is 1.12 bits per heavy atom. The van der Waals surface area contributed by atoms with Crippen molar-refractivity contribution in [1.29, 1.82) is 0 Å². The maximum atomic E-state index is 6.35. The number of hydrogen-bond acceptors (Lipinski definition) is 2. The van der Waals surface area contributed by atoms with E-state index in [1.807, 2.05) is 12.1 Å². The van der Waals surface area contributed by atoms with Gasteiger partial charge in [-0.25, -0.2) is 0 Å². The van der Waals surface area contributed by atoms with Gasteiger partial charge in [-0.1, -0.05) is 91.0 Å². The first kappa shape index (κ1) is 19.0. The summed E-state index contributed by atoms with van der Waals surface area (Å²) in [5.41, 5.74) is 5.23. The molecule has 0 amide bonds. The molecule has 1 heterocycles. The van der Waals surface area contributed by atoms with Crippen LogP contribution in [0.25, 0.3) is 43.5 Å². The van der Waals surface area contributed by atoms with E-state index in [2.05, 4.69) is 120 Å². The zero-order valence-electron chi connectivity index (χ0n) is 18.5. The minimum absolute atomic E-state index is 0.914. The molecule has 6 aromatic carbocycles. The molecular weight excluding hydrogens is 414 g/mol. The van der Waals surface area contributed by atoms with Crippen LogP contribution < -0.4 is 4.90 Å². The highest BCUT2D eigenvalue weighted by atomic mass is 16.3. The largest absolute Gasteiger partial charge is 0.455 e. The van der Waals surface area contributed by atoms with Crippen LogP contribution in [0.4, 0.5) is 17.1 Å². The van der Waals surface area contributed by atoms with Crippen molar-refractivity contribution in [1.82, 2.24) is 0 Å². The summed E-state index contributed by atoms with van der Waals surface area (Å²) in [6.45, 7) is 0. The predicted molar refractivity (Wildman–Crippen MR) is 143 cm³/mol. The van der Waals surface area contributed by atoms with Gasteiger partial charge in [0.1, 0.15) is 11.2 Å². The van der Waals surface area contributed by atoms with E-state index in [1.165, 1.54) is 10.8 Å². The third kappa shape index (κ3) is 2.89. The summed E-state index contributed by atoms with van der Waals surface area (Å²) in [5.74, 6) is 0. The van der Waals surface area contributed by atoms with E-state index >= 15 is 0 Å². The summed E-state index contributed by atoms with van der Waals surface area (Å²) >= 11 is 0. The van der Waals surface area contributed by atoms with Crippen LogP contribution in [0.15, 0.2) is 132 Å². The lowest BCUT2D eigenvalue weighted by atomic mass is 10.0. The Balaban J connectivity index is 1.59. The number of rotatable bonds is 3. The molecule has 1 aromatic heterocycles. The minimum Gasteiger partial charge on any atom is -0.455 e. The summed E-state index contributed by atoms with van der Waals surface area (Å²) in [7, 11) is 0. The second-order valence-corrected chi connectivity index (χ2v) is 8.62. The molecule has 34 heavy (non-hydrogen) atoms. The molecule has 7 aromatic rings. The van der Waals surface area contributed by atoms with Crippen LogP contribution in [0.5, 0.6) is 0 Å². The summed E-state index contributed by atoms with van der Waals surface area (Å²) in [4.78, 5) is 2.36. The van der Waals surface area contributed by atoms with Crippen LogP contribution in [0, 0.1) is 0 Å². The van der Waals surface area contributed by atoms with Crippen LogP contribution >= 0.6 is 0 Å². The summed E-state index contributed by atoms with van der Waals surface area (Å²) in [6, 6.07) is 44.9. The van der Waals surface area contributed by atoms with E-state index in [0.717, 1.165) is 49.8 Å². The topological polar surface area (TPSA) is 16.4 Å². The predicted octanol–water partition coefficient (Wildman–Crippen LogP) is 9.36. The molecule has 0 saturated carbocycles. The third-order valence-electron chi connectivity index (χ3n) is 6.61. The SMILES string of the molecule is c1ccc(N(c2ccc3ccccc3c2)c2cc3c4ccccc4oc3c3ccccc23)cc1. The molecule has 2 nitrogen and oxygen atoms in total. The van der Waals surface area contributed by atoms with Gasteiger partial charge in [0, 0.05) is 32.9 Å². The van der Waals surface area contributed by atoms with Crippen LogP contribution in [0.1, 0.15) is 0 Å². The Bertz CT molecular complexity index is 1810. The summed E-state index contributed by atoms with van der Waals surface area (Å²) in [5, 5.41) is 7.00. The van der Waals surface area contributed by atoms with Crippen molar-refractivity contribution in [3.63, 3.8) is 0 Å². The number of anilines is 3. The van der Waals surface area contributed by atoms with Gasteiger partial charge in [0.2, 0.25) is 0 Å². The van der Waals surface area contributed by atoms with Crippen LogP contribution in [-0.2, 0) is 0 Å². The van der Waals surface area contributed by atoms with Gasteiger partial charge in [-0.2, -0.15) is 0 Å². The Morgan fingerprint density at radius 1 is 0.441 bits per heavy atom. The third-order valence-corrected chi connectivity index (χ3v) is 6.61. The number of fused-ring (bicyclic) bond motifs is 6. The monoisotopic (exact) mass is 435 g/mol. The van der Waals surface area contributed by atoms with Crippen molar-refractivity contribution in [3.8, 4) is 0 Å². The first-order valence-corrected chi connectivity index (χ1v) is 11.5. The van der Waals surface area contributed by atoms with Crippen molar-refractivity contribution < 1.29 is 4.42 Å².